The molecular formula is C21H24BrNO3. The number of benzene rings is 2. The summed E-state index contributed by atoms with van der Waals surface area (Å²) in [6.07, 6.45) is 1.16. The lowest BCUT2D eigenvalue weighted by atomic mass is 9.98. The third kappa shape index (κ3) is 6.24. The molecule has 0 saturated carbocycles. The van der Waals surface area contributed by atoms with Gasteiger partial charge in [-0.25, -0.2) is 4.79 Å². The van der Waals surface area contributed by atoms with E-state index in [4.69, 9.17) is 4.74 Å². The second-order valence-corrected chi connectivity index (χ2v) is 6.54. The average molecular weight is 418 g/mol. The molecule has 0 aliphatic carbocycles. The monoisotopic (exact) mass is 417 g/mol. The van der Waals surface area contributed by atoms with Gasteiger partial charge in [-0.1, -0.05) is 61.2 Å². The molecule has 0 radical (unpaired) electrons. The quantitative estimate of drug-likeness (QED) is 0.267. The lowest BCUT2D eigenvalue weighted by Gasteiger charge is -2.30. The van der Waals surface area contributed by atoms with Crippen molar-refractivity contribution < 1.29 is 35.8 Å². The SMILES string of the molecule is C=CC(=O)OCC[N+](C)(C)Cc1ccccc1C(=O)c1ccccc1.[Br-]. The fourth-order valence-corrected chi connectivity index (χ4v) is 2.62. The van der Waals surface area contributed by atoms with Gasteiger partial charge in [-0.15, -0.1) is 0 Å². The molecule has 4 nitrogen and oxygen atoms in total. The van der Waals surface area contributed by atoms with Gasteiger partial charge in [-0.3, -0.25) is 4.79 Å². The number of quaternary nitrogens is 1. The van der Waals surface area contributed by atoms with Crippen LogP contribution in [0.1, 0.15) is 21.5 Å². The zero-order valence-corrected chi connectivity index (χ0v) is 16.7. The molecule has 0 N–H and O–H groups in total. The van der Waals surface area contributed by atoms with Gasteiger partial charge < -0.3 is 26.2 Å². The van der Waals surface area contributed by atoms with Gasteiger partial charge in [0.15, 0.2) is 5.78 Å². The Hall–Kier alpha value is -2.24. The molecule has 0 spiro atoms. The topological polar surface area (TPSA) is 43.4 Å². The molecule has 0 fully saturated rings. The maximum Gasteiger partial charge on any atom is 0.330 e. The Kier molecular flexibility index (Phi) is 8.42. The van der Waals surface area contributed by atoms with E-state index in [1.54, 1.807) is 0 Å². The van der Waals surface area contributed by atoms with Crippen molar-refractivity contribution >= 4 is 11.8 Å². The van der Waals surface area contributed by atoms with Crippen LogP contribution in [0.5, 0.6) is 0 Å². The molecule has 0 aliphatic rings. The third-order valence-electron chi connectivity index (χ3n) is 4.00. The number of hydrogen-bond acceptors (Lipinski definition) is 3. The van der Waals surface area contributed by atoms with Gasteiger partial charge in [0.25, 0.3) is 0 Å². The number of esters is 1. The van der Waals surface area contributed by atoms with Crippen molar-refractivity contribution in [2.75, 3.05) is 27.2 Å². The van der Waals surface area contributed by atoms with Gasteiger partial charge >= 0.3 is 5.97 Å². The highest BCUT2D eigenvalue weighted by Gasteiger charge is 2.21. The van der Waals surface area contributed by atoms with Crippen LogP contribution in [0.4, 0.5) is 0 Å². The zero-order valence-electron chi connectivity index (χ0n) is 15.2. The maximum atomic E-state index is 12.8. The highest BCUT2D eigenvalue weighted by molar-refractivity contribution is 6.09. The molecule has 0 heterocycles. The maximum absolute atomic E-state index is 12.8. The van der Waals surface area contributed by atoms with Crippen LogP contribution in [-0.4, -0.2) is 43.5 Å². The van der Waals surface area contributed by atoms with Gasteiger partial charge in [-0.2, -0.15) is 0 Å². The Morgan fingerprint density at radius 2 is 1.65 bits per heavy atom. The lowest BCUT2D eigenvalue weighted by molar-refractivity contribution is -0.903. The van der Waals surface area contributed by atoms with Gasteiger partial charge in [0.05, 0.1) is 14.1 Å². The molecular weight excluding hydrogens is 394 g/mol. The van der Waals surface area contributed by atoms with Crippen LogP contribution in [0.25, 0.3) is 0 Å². The van der Waals surface area contributed by atoms with Crippen molar-refractivity contribution in [1.29, 1.82) is 0 Å². The van der Waals surface area contributed by atoms with E-state index in [-0.39, 0.29) is 22.8 Å². The molecule has 2 rings (SSSR count). The number of carbonyl (C=O) groups is 2. The molecule has 0 aliphatic heterocycles. The van der Waals surface area contributed by atoms with E-state index >= 15 is 0 Å². The number of nitrogens with zero attached hydrogens (tertiary/aromatic N) is 1. The smallest absolute Gasteiger partial charge is 0.330 e. The summed E-state index contributed by atoms with van der Waals surface area (Å²) >= 11 is 0. The summed E-state index contributed by atoms with van der Waals surface area (Å²) in [4.78, 5) is 24.0. The van der Waals surface area contributed by atoms with E-state index in [9.17, 15) is 9.59 Å². The van der Waals surface area contributed by atoms with Crippen LogP contribution < -0.4 is 17.0 Å². The number of ketones is 1. The third-order valence-corrected chi connectivity index (χ3v) is 4.00. The highest BCUT2D eigenvalue weighted by atomic mass is 79.9. The molecule has 0 saturated heterocycles. The first-order valence-corrected chi connectivity index (χ1v) is 8.22. The molecule has 2 aromatic rings. The Morgan fingerprint density at radius 1 is 1.04 bits per heavy atom. The second-order valence-electron chi connectivity index (χ2n) is 6.54. The Balaban J connectivity index is 0.00000338. The van der Waals surface area contributed by atoms with Crippen molar-refractivity contribution in [2.45, 2.75) is 6.54 Å². The summed E-state index contributed by atoms with van der Waals surface area (Å²) in [7, 11) is 4.09. The van der Waals surface area contributed by atoms with Crippen LogP contribution in [0.3, 0.4) is 0 Å². The summed E-state index contributed by atoms with van der Waals surface area (Å²) in [5, 5.41) is 0. The zero-order chi connectivity index (χ0) is 18.3. The predicted octanol–water partition coefficient (Wildman–Crippen LogP) is 0.227. The first-order chi connectivity index (χ1) is 11.9. The largest absolute Gasteiger partial charge is 1.00 e. The minimum Gasteiger partial charge on any atom is -1.00 e. The molecule has 2 aromatic carbocycles. The van der Waals surface area contributed by atoms with Crippen molar-refractivity contribution in [1.82, 2.24) is 0 Å². The van der Waals surface area contributed by atoms with Crippen LogP contribution in [0, 0.1) is 0 Å². The highest BCUT2D eigenvalue weighted by Crippen LogP contribution is 2.18. The van der Waals surface area contributed by atoms with Crippen molar-refractivity contribution in [3.8, 4) is 0 Å². The predicted molar refractivity (Wildman–Crippen MR) is 98.2 cm³/mol. The van der Waals surface area contributed by atoms with Crippen LogP contribution >= 0.6 is 0 Å². The molecule has 26 heavy (non-hydrogen) atoms. The standard InChI is InChI=1S/C21H24NO3.BrH/c1-4-20(23)25-15-14-22(2,3)16-18-12-8-9-13-19(18)21(24)17-10-6-5-7-11-17;/h4-13H,1,14-16H2,2-3H3;1H/q+1;/p-1. The molecule has 5 heteroatoms. The van der Waals surface area contributed by atoms with Crippen molar-refractivity contribution in [2.24, 2.45) is 0 Å². The van der Waals surface area contributed by atoms with Crippen LogP contribution in [0.15, 0.2) is 67.3 Å². The van der Waals surface area contributed by atoms with Crippen LogP contribution in [0.2, 0.25) is 0 Å². The van der Waals surface area contributed by atoms with E-state index < -0.39 is 5.97 Å². The van der Waals surface area contributed by atoms with Gasteiger partial charge in [0.1, 0.15) is 19.7 Å². The molecule has 0 bridgehead atoms. The number of rotatable bonds is 8. The van der Waals surface area contributed by atoms with E-state index in [0.29, 0.717) is 35.3 Å². The number of carbonyl (C=O) groups excluding carboxylic acids is 2. The fourth-order valence-electron chi connectivity index (χ4n) is 2.62. The summed E-state index contributed by atoms with van der Waals surface area (Å²) in [6, 6.07) is 16.9. The Morgan fingerprint density at radius 3 is 2.31 bits per heavy atom. The fraction of sp³-hybridized carbons (Fsp3) is 0.238. The minimum absolute atomic E-state index is 0. The number of ether oxygens (including phenoxy) is 1. The normalized spacial score (nSPS) is 10.5. The molecule has 0 aromatic heterocycles. The van der Waals surface area contributed by atoms with Gasteiger partial charge in [0.2, 0.25) is 0 Å². The van der Waals surface area contributed by atoms with E-state index in [1.807, 2.05) is 68.7 Å². The molecule has 0 amide bonds. The van der Waals surface area contributed by atoms with Gasteiger partial charge in [0, 0.05) is 22.8 Å². The summed E-state index contributed by atoms with van der Waals surface area (Å²) in [5.74, 6) is -0.394. The van der Waals surface area contributed by atoms with Crippen molar-refractivity contribution in [3.63, 3.8) is 0 Å². The average Bonchev–Trinajstić information content (AvgIpc) is 2.61. The first-order valence-electron chi connectivity index (χ1n) is 8.22. The molecule has 0 unspecified atom stereocenters. The Labute approximate surface area is 165 Å². The van der Waals surface area contributed by atoms with E-state index in [0.717, 1.165) is 11.6 Å². The summed E-state index contributed by atoms with van der Waals surface area (Å²) in [6.45, 7) is 5.01. The number of hydrogen-bond donors (Lipinski definition) is 0. The van der Waals surface area contributed by atoms with Crippen LogP contribution in [-0.2, 0) is 16.1 Å². The number of likely N-dealkylation sites (N-methyl/N-ethyl adjacent to an activating group) is 1. The first kappa shape index (κ1) is 21.8. The summed E-state index contributed by atoms with van der Waals surface area (Å²) in [5.41, 5.74) is 2.37. The molecule has 138 valence electrons. The van der Waals surface area contributed by atoms with Crippen molar-refractivity contribution in [3.05, 3.63) is 83.9 Å². The Bertz CT molecular complexity index is 757. The van der Waals surface area contributed by atoms with E-state index in [1.165, 1.54) is 0 Å². The lowest BCUT2D eigenvalue weighted by Crippen LogP contribution is -3.00. The minimum atomic E-state index is -0.417. The number of halogens is 1. The van der Waals surface area contributed by atoms with E-state index in [2.05, 4.69) is 6.58 Å². The molecule has 0 atom stereocenters. The van der Waals surface area contributed by atoms with Gasteiger partial charge in [-0.05, 0) is 0 Å². The second kappa shape index (κ2) is 10.0. The summed E-state index contributed by atoms with van der Waals surface area (Å²) < 4.78 is 5.67.